The van der Waals surface area contributed by atoms with Crippen molar-refractivity contribution in [2.24, 2.45) is 5.84 Å². The van der Waals surface area contributed by atoms with Gasteiger partial charge >= 0.3 is 0 Å². The number of rotatable bonds is 4. The summed E-state index contributed by atoms with van der Waals surface area (Å²) < 4.78 is 3.99. The first-order valence-corrected chi connectivity index (χ1v) is 7.50. The van der Waals surface area contributed by atoms with Gasteiger partial charge in [-0.25, -0.2) is 5.43 Å². The van der Waals surface area contributed by atoms with E-state index < -0.39 is 0 Å². The monoisotopic (exact) mass is 378 g/mol. The van der Waals surface area contributed by atoms with E-state index >= 15 is 0 Å². The maximum absolute atomic E-state index is 5.68. The molecule has 0 saturated carbocycles. The van der Waals surface area contributed by atoms with Crippen LogP contribution in [0.15, 0.2) is 26.6 Å². The molecule has 0 aliphatic rings. The molecular formula is C10H12Br2N4S. The van der Waals surface area contributed by atoms with Crippen LogP contribution in [0.2, 0.25) is 0 Å². The molecule has 17 heavy (non-hydrogen) atoms. The fourth-order valence-corrected chi connectivity index (χ4v) is 3.70. The number of aryl methyl sites for hydroxylation is 1. The Labute approximate surface area is 120 Å². The number of hydrazine groups is 1. The summed E-state index contributed by atoms with van der Waals surface area (Å²) in [6.07, 6.45) is 1.80. The van der Waals surface area contributed by atoms with Crippen LogP contribution in [0.4, 0.5) is 0 Å². The van der Waals surface area contributed by atoms with Crippen molar-refractivity contribution in [2.45, 2.75) is 19.5 Å². The minimum Gasteiger partial charge on any atom is -0.270 e. The minimum absolute atomic E-state index is 0.0527. The molecule has 2 rings (SSSR count). The number of hydrogen-bond acceptors (Lipinski definition) is 4. The molecule has 0 aliphatic heterocycles. The molecule has 4 nitrogen and oxygen atoms in total. The third-order valence-electron chi connectivity index (χ3n) is 2.45. The highest BCUT2D eigenvalue weighted by Crippen LogP contribution is 2.33. The maximum atomic E-state index is 5.68. The Balaban J connectivity index is 2.44. The first-order valence-electron chi connectivity index (χ1n) is 5.10. The molecule has 0 saturated heterocycles. The van der Waals surface area contributed by atoms with Gasteiger partial charge in [-0.15, -0.1) is 11.3 Å². The van der Waals surface area contributed by atoms with E-state index in [1.165, 1.54) is 0 Å². The molecule has 3 N–H and O–H groups in total. The number of hydrogen-bond donors (Lipinski definition) is 2. The molecule has 7 heteroatoms. The summed E-state index contributed by atoms with van der Waals surface area (Å²) in [5.74, 6) is 5.68. The molecule has 0 aliphatic carbocycles. The second-order valence-electron chi connectivity index (χ2n) is 3.44. The van der Waals surface area contributed by atoms with Crippen LogP contribution in [0.25, 0.3) is 0 Å². The zero-order chi connectivity index (χ0) is 12.4. The van der Waals surface area contributed by atoms with Crippen LogP contribution in [0.1, 0.15) is 23.5 Å². The van der Waals surface area contributed by atoms with Crippen LogP contribution >= 0.6 is 43.2 Å². The third-order valence-corrected chi connectivity index (χ3v) is 4.75. The van der Waals surface area contributed by atoms with Crippen molar-refractivity contribution in [1.82, 2.24) is 15.2 Å². The van der Waals surface area contributed by atoms with E-state index in [4.69, 9.17) is 5.84 Å². The largest absolute Gasteiger partial charge is 0.270 e. The van der Waals surface area contributed by atoms with Crippen molar-refractivity contribution in [2.75, 3.05) is 0 Å². The highest BCUT2D eigenvalue weighted by molar-refractivity contribution is 9.11. The van der Waals surface area contributed by atoms with Gasteiger partial charge in [-0.3, -0.25) is 10.5 Å². The molecule has 1 atom stereocenters. The van der Waals surface area contributed by atoms with Gasteiger partial charge in [-0.05, 0) is 50.9 Å². The Bertz CT molecular complexity index is 508. The highest BCUT2D eigenvalue weighted by Gasteiger charge is 2.21. The lowest BCUT2D eigenvalue weighted by Crippen LogP contribution is -2.30. The molecular weight excluding hydrogens is 368 g/mol. The number of thiophene rings is 1. The van der Waals surface area contributed by atoms with Gasteiger partial charge in [-0.2, -0.15) is 5.10 Å². The normalized spacial score (nSPS) is 12.9. The molecule has 2 heterocycles. The predicted octanol–water partition coefficient (Wildman–Crippen LogP) is 3.04. The van der Waals surface area contributed by atoms with E-state index in [9.17, 15) is 0 Å². The predicted molar refractivity (Wildman–Crippen MR) is 76.8 cm³/mol. The molecule has 0 amide bonds. The van der Waals surface area contributed by atoms with Crippen LogP contribution in [0.3, 0.4) is 0 Å². The van der Waals surface area contributed by atoms with Crippen molar-refractivity contribution in [3.63, 3.8) is 0 Å². The van der Waals surface area contributed by atoms with Gasteiger partial charge in [0.05, 0.1) is 26.2 Å². The van der Waals surface area contributed by atoms with Crippen molar-refractivity contribution in [3.05, 3.63) is 37.2 Å². The fraction of sp³-hybridized carbons (Fsp3) is 0.300. The summed E-state index contributed by atoms with van der Waals surface area (Å²) >= 11 is 8.64. The number of aromatic nitrogens is 2. The molecule has 0 fully saturated rings. The van der Waals surface area contributed by atoms with Crippen molar-refractivity contribution < 1.29 is 0 Å². The minimum atomic E-state index is -0.0527. The van der Waals surface area contributed by atoms with Crippen molar-refractivity contribution >= 4 is 43.2 Å². The standard InChI is InChI=1S/C10H12Br2N4S/c1-2-16-10(6(11)5-14-16)9(15-13)7-3-4-8(12)17-7/h3-5,9,15H,2,13H2,1H3. The van der Waals surface area contributed by atoms with E-state index in [0.717, 1.165) is 25.4 Å². The second kappa shape index (κ2) is 5.62. The quantitative estimate of drug-likeness (QED) is 0.634. The van der Waals surface area contributed by atoms with Crippen molar-refractivity contribution in [3.8, 4) is 0 Å². The molecule has 0 spiro atoms. The van der Waals surface area contributed by atoms with E-state index in [0.29, 0.717) is 0 Å². The number of nitrogens with two attached hydrogens (primary N) is 1. The Morgan fingerprint density at radius 1 is 1.53 bits per heavy atom. The molecule has 92 valence electrons. The third kappa shape index (κ3) is 2.63. The smallest absolute Gasteiger partial charge is 0.0981 e. The zero-order valence-electron chi connectivity index (χ0n) is 9.15. The zero-order valence-corrected chi connectivity index (χ0v) is 13.1. The van der Waals surface area contributed by atoms with Gasteiger partial charge in [0.25, 0.3) is 0 Å². The Hall–Kier alpha value is -0.210. The highest BCUT2D eigenvalue weighted by atomic mass is 79.9. The summed E-state index contributed by atoms with van der Waals surface area (Å²) in [6.45, 7) is 2.87. The molecule has 2 aromatic rings. The Morgan fingerprint density at radius 2 is 2.29 bits per heavy atom. The topological polar surface area (TPSA) is 55.9 Å². The van der Waals surface area contributed by atoms with Crippen LogP contribution in [-0.4, -0.2) is 9.78 Å². The van der Waals surface area contributed by atoms with Gasteiger partial charge in [-0.1, -0.05) is 0 Å². The molecule has 0 radical (unpaired) electrons. The summed E-state index contributed by atoms with van der Waals surface area (Å²) in [5.41, 5.74) is 3.89. The van der Waals surface area contributed by atoms with Crippen LogP contribution in [-0.2, 0) is 6.54 Å². The van der Waals surface area contributed by atoms with E-state index in [1.807, 2.05) is 10.7 Å². The molecule has 0 aromatic carbocycles. The first kappa shape index (κ1) is 13.2. The average Bonchev–Trinajstić information content (AvgIpc) is 2.89. The molecule has 1 unspecified atom stereocenters. The number of nitrogens with zero attached hydrogens (tertiary/aromatic N) is 2. The van der Waals surface area contributed by atoms with Gasteiger partial charge < -0.3 is 0 Å². The fourth-order valence-electron chi connectivity index (χ4n) is 1.69. The van der Waals surface area contributed by atoms with Gasteiger partial charge in [0.1, 0.15) is 0 Å². The summed E-state index contributed by atoms with van der Waals surface area (Å²) in [5, 5.41) is 4.30. The van der Waals surface area contributed by atoms with Crippen molar-refractivity contribution in [1.29, 1.82) is 0 Å². The van der Waals surface area contributed by atoms with Crippen LogP contribution in [0.5, 0.6) is 0 Å². The lowest BCUT2D eigenvalue weighted by Gasteiger charge is -2.16. The van der Waals surface area contributed by atoms with Gasteiger partial charge in [0, 0.05) is 11.4 Å². The SMILES string of the molecule is CCn1ncc(Br)c1C(NN)c1ccc(Br)s1. The Morgan fingerprint density at radius 3 is 2.82 bits per heavy atom. The summed E-state index contributed by atoms with van der Waals surface area (Å²) in [4.78, 5) is 1.15. The summed E-state index contributed by atoms with van der Waals surface area (Å²) in [7, 11) is 0. The maximum Gasteiger partial charge on any atom is 0.0981 e. The Kier molecular flexibility index (Phi) is 4.37. The van der Waals surface area contributed by atoms with Crippen LogP contribution < -0.4 is 11.3 Å². The average molecular weight is 380 g/mol. The van der Waals surface area contributed by atoms with E-state index in [-0.39, 0.29) is 6.04 Å². The van der Waals surface area contributed by atoms with Gasteiger partial charge in [0.2, 0.25) is 0 Å². The lowest BCUT2D eigenvalue weighted by molar-refractivity contribution is 0.547. The number of halogens is 2. The van der Waals surface area contributed by atoms with Gasteiger partial charge in [0.15, 0.2) is 0 Å². The lowest BCUT2D eigenvalue weighted by atomic mass is 10.2. The summed E-state index contributed by atoms with van der Waals surface area (Å²) in [6, 6.07) is 4.02. The van der Waals surface area contributed by atoms with E-state index in [1.54, 1.807) is 17.5 Å². The van der Waals surface area contributed by atoms with Crippen LogP contribution in [0, 0.1) is 0 Å². The molecule has 0 bridgehead atoms. The number of nitrogens with one attached hydrogen (secondary N) is 1. The molecule has 2 aromatic heterocycles. The first-order chi connectivity index (χ1) is 8.17. The van der Waals surface area contributed by atoms with E-state index in [2.05, 4.69) is 55.4 Å². The second-order valence-corrected chi connectivity index (χ2v) is 6.78.